The fraction of sp³-hybridized carbons (Fsp3) is 0.714. The Kier molecular flexibility index (Phi) is 22.9. The summed E-state index contributed by atoms with van der Waals surface area (Å²) >= 11 is 0. The lowest BCUT2D eigenvalue weighted by Crippen LogP contribution is -2.46. The van der Waals surface area contributed by atoms with Gasteiger partial charge in [-0.25, -0.2) is 0 Å². The lowest BCUT2D eigenvalue weighted by molar-refractivity contribution is -0.889. The number of likely N-dealkylation sites (N-methyl/N-ethyl adjacent to an activating group) is 1. The van der Waals surface area contributed by atoms with Gasteiger partial charge in [0.05, 0.1) is 51.6 Å². The minimum atomic E-state index is -4.82. The van der Waals surface area contributed by atoms with E-state index < -0.39 is 28.4 Å². The number of alkyl halides is 3. The minimum Gasteiger partial charge on any atom is -0.490 e. The van der Waals surface area contributed by atoms with Crippen LogP contribution in [-0.2, 0) is 39.2 Å². The fourth-order valence-corrected chi connectivity index (χ4v) is 11.6. The highest BCUT2D eigenvalue weighted by Crippen LogP contribution is 2.48. The molecule has 74 heavy (non-hydrogen) atoms. The van der Waals surface area contributed by atoms with Gasteiger partial charge in [0.2, 0.25) is 5.91 Å². The molecule has 1 saturated heterocycles. The summed E-state index contributed by atoms with van der Waals surface area (Å²) in [5.41, 5.74) is 3.97. The van der Waals surface area contributed by atoms with Crippen LogP contribution in [0, 0.1) is 17.8 Å². The molecule has 0 unspecified atom stereocenters. The lowest BCUT2D eigenvalue weighted by Gasteiger charge is -2.38. The van der Waals surface area contributed by atoms with Crippen molar-refractivity contribution in [1.82, 2.24) is 25.2 Å². The summed E-state index contributed by atoms with van der Waals surface area (Å²) in [4.78, 5) is 26.3. The van der Waals surface area contributed by atoms with Crippen molar-refractivity contribution in [2.24, 2.45) is 17.8 Å². The molecule has 6 rings (SSSR count). The highest BCUT2D eigenvalue weighted by molar-refractivity contribution is 7.85. The van der Waals surface area contributed by atoms with Gasteiger partial charge in [-0.05, 0) is 118 Å². The van der Waals surface area contributed by atoms with Crippen molar-refractivity contribution in [3.8, 4) is 22.8 Å². The molecule has 0 spiro atoms. The Morgan fingerprint density at radius 1 is 0.851 bits per heavy atom. The number of piperidine rings is 1. The molecule has 3 aromatic rings. The van der Waals surface area contributed by atoms with Gasteiger partial charge in [-0.3, -0.25) is 23.7 Å². The average Bonchev–Trinajstić information content (AvgIpc) is 4.07. The lowest BCUT2D eigenvalue weighted by atomic mass is 9.81. The number of amides is 1. The van der Waals surface area contributed by atoms with Crippen molar-refractivity contribution in [3.63, 3.8) is 0 Å². The molecule has 0 radical (unpaired) electrons. The van der Waals surface area contributed by atoms with E-state index in [1.807, 2.05) is 25.0 Å². The summed E-state index contributed by atoms with van der Waals surface area (Å²) in [7, 11) is 0.0368. The van der Waals surface area contributed by atoms with Gasteiger partial charge in [-0.1, -0.05) is 108 Å². The number of hydrogen-bond acceptors (Lipinski definition) is 9. The molecule has 14 nitrogen and oxygen atoms in total. The third kappa shape index (κ3) is 20.7. The van der Waals surface area contributed by atoms with E-state index in [1.54, 1.807) is 19.1 Å². The van der Waals surface area contributed by atoms with Gasteiger partial charge in [0, 0.05) is 37.1 Å². The summed E-state index contributed by atoms with van der Waals surface area (Å²) in [6.45, 7) is 6.15. The van der Waals surface area contributed by atoms with Crippen LogP contribution in [0.15, 0.2) is 42.6 Å². The van der Waals surface area contributed by atoms with Crippen LogP contribution in [-0.4, -0.2) is 119 Å². The van der Waals surface area contributed by atoms with Crippen LogP contribution >= 0.6 is 0 Å². The third-order valence-corrected chi connectivity index (χ3v) is 16.5. The zero-order valence-corrected chi connectivity index (χ0v) is 45.3. The van der Waals surface area contributed by atoms with Crippen molar-refractivity contribution in [2.45, 2.75) is 186 Å². The summed E-state index contributed by atoms with van der Waals surface area (Å²) in [6, 6.07) is 11.0. The van der Waals surface area contributed by atoms with Crippen LogP contribution in [0.4, 0.5) is 13.2 Å². The van der Waals surface area contributed by atoms with Crippen molar-refractivity contribution in [1.29, 1.82) is 0 Å². The highest BCUT2D eigenvalue weighted by Gasteiger charge is 2.40. The number of aliphatic carboxylic acids is 1. The predicted octanol–water partition coefficient (Wildman–Crippen LogP) is 11.4. The molecule has 1 aliphatic carbocycles. The molecule has 2 aromatic carbocycles. The number of nitrogens with one attached hydrogen (secondary N) is 1. The molecule has 0 bridgehead atoms. The second-order valence-corrected chi connectivity index (χ2v) is 23.9. The van der Waals surface area contributed by atoms with Gasteiger partial charge in [0.1, 0.15) is 23.3 Å². The average molecular weight is 1060 g/mol. The van der Waals surface area contributed by atoms with Crippen LogP contribution in [0.2, 0.25) is 0 Å². The maximum Gasteiger partial charge on any atom is 0.573 e. The SMILES string of the molecule is C[C@H](C(=O)O)[C@H](c1ccc2c(c1)O[C@@H](C1CCN(Cc3cc(-c4cn(CCCCCCCCCCCCCCCCCC(=O)NCC[N+](C)(C)CCCS(=O)(=O)O)nn4)ccc3OC(F)(F)F)CC1)CC2)C1CC1. The first kappa shape index (κ1) is 59.0. The number of hydrogen-bond donors (Lipinski definition) is 3. The van der Waals surface area contributed by atoms with E-state index >= 15 is 0 Å². The molecule has 18 heteroatoms. The van der Waals surface area contributed by atoms with E-state index in [1.165, 1.54) is 70.3 Å². The predicted molar refractivity (Wildman–Crippen MR) is 281 cm³/mol. The number of carboxylic acid groups (broad SMARTS) is 1. The number of carboxylic acids is 1. The van der Waals surface area contributed by atoms with Crippen molar-refractivity contribution in [3.05, 3.63) is 59.3 Å². The normalized spacial score (nSPS) is 17.6. The Balaban J connectivity index is 0.809. The second-order valence-electron chi connectivity index (χ2n) is 22.3. The van der Waals surface area contributed by atoms with Crippen LogP contribution in [0.3, 0.4) is 0 Å². The number of likely N-dealkylation sites (tertiary alicyclic amines) is 1. The standard InChI is InChI=1S/C56H85F3N6O8S/c1-42(55(67)68)54(45-22-23-45)47-24-21-43-25-27-50(72-52(43)39-47)44-29-33-63(34-30-44)40-48-38-46(26-28-51(48)73-56(57,58)59)49-41-64(62-61-49)32-18-16-14-12-10-8-6-4-5-7-9-11-13-15-17-20-53(66)60-31-36-65(2,3)35-19-37-74(69,70)71/h21,24,26,28,38-39,41-42,44-45,50,54H,4-20,22-23,25,27,29-37,40H2,1-3H3,(H2-,60,66,67,68,69,70,71)/p+1/t42-,50+,54-/m0/s1. The Morgan fingerprint density at radius 2 is 1.49 bits per heavy atom. The number of aryl methyl sites for hydroxylation is 2. The zero-order valence-electron chi connectivity index (χ0n) is 44.5. The molecule has 414 valence electrons. The quantitative estimate of drug-likeness (QED) is 0.0295. The molecular weight excluding hydrogens is 974 g/mol. The maximum atomic E-state index is 13.6. The van der Waals surface area contributed by atoms with Gasteiger partial charge in [-0.2, -0.15) is 8.42 Å². The second kappa shape index (κ2) is 28.8. The van der Waals surface area contributed by atoms with E-state index in [0.29, 0.717) is 72.2 Å². The number of quaternary nitrogens is 1. The first-order valence-electron chi connectivity index (χ1n) is 27.9. The summed E-state index contributed by atoms with van der Waals surface area (Å²) in [5, 5.41) is 21.5. The van der Waals surface area contributed by atoms with Gasteiger partial charge < -0.3 is 24.4 Å². The topological polar surface area (TPSA) is 173 Å². The number of unbranched alkanes of at least 4 members (excludes halogenated alkanes) is 14. The van der Waals surface area contributed by atoms with Crippen molar-refractivity contribution < 1.29 is 54.8 Å². The number of fused-ring (bicyclic) bond motifs is 1. The molecule has 1 aromatic heterocycles. The van der Waals surface area contributed by atoms with E-state index in [0.717, 1.165) is 107 Å². The highest BCUT2D eigenvalue weighted by atomic mass is 32.2. The summed E-state index contributed by atoms with van der Waals surface area (Å²) in [5.74, 6) is -0.0642. The van der Waals surface area contributed by atoms with Gasteiger partial charge >= 0.3 is 12.3 Å². The fourth-order valence-electron chi connectivity index (χ4n) is 11.1. The maximum absolute atomic E-state index is 13.6. The number of benzene rings is 2. The van der Waals surface area contributed by atoms with Crippen molar-refractivity contribution in [2.75, 3.05) is 52.6 Å². The number of nitrogens with zero attached hydrogens (tertiary/aromatic N) is 5. The van der Waals surface area contributed by atoms with Gasteiger partial charge in [0.25, 0.3) is 10.1 Å². The Labute approximate surface area is 438 Å². The monoisotopic (exact) mass is 1060 g/mol. The first-order valence-corrected chi connectivity index (χ1v) is 29.5. The van der Waals surface area contributed by atoms with Crippen LogP contribution in [0.5, 0.6) is 11.5 Å². The number of carbonyl (C=O) groups excluding carboxylic acids is 1. The number of rotatable bonds is 34. The molecule has 1 amide bonds. The molecule has 3 N–H and O–H groups in total. The van der Waals surface area contributed by atoms with Crippen LogP contribution < -0.4 is 14.8 Å². The Morgan fingerprint density at radius 3 is 2.09 bits per heavy atom. The molecule has 1 saturated carbocycles. The molecule has 3 aliphatic rings. The van der Waals surface area contributed by atoms with Gasteiger partial charge in [0.15, 0.2) is 0 Å². The number of carbonyl (C=O) groups is 2. The Hall–Kier alpha value is -4.26. The molecule has 2 aliphatic heterocycles. The molecule has 3 heterocycles. The smallest absolute Gasteiger partial charge is 0.490 e. The molecular formula is C56H86F3N6O8S+. The summed E-state index contributed by atoms with van der Waals surface area (Å²) < 4.78 is 85.1. The van der Waals surface area contributed by atoms with Crippen LogP contribution in [0.1, 0.15) is 171 Å². The minimum absolute atomic E-state index is 0.0236. The zero-order chi connectivity index (χ0) is 53.1. The Bertz CT molecular complexity index is 2320. The molecule has 3 atom stereocenters. The summed E-state index contributed by atoms with van der Waals surface area (Å²) in [6.07, 6.45) is 21.2. The van der Waals surface area contributed by atoms with E-state index in [9.17, 15) is 36.3 Å². The van der Waals surface area contributed by atoms with E-state index in [4.69, 9.17) is 9.29 Å². The number of aromatic nitrogens is 3. The van der Waals surface area contributed by atoms with Gasteiger partial charge in [-0.15, -0.1) is 18.3 Å². The molecule has 2 fully saturated rings. The van der Waals surface area contributed by atoms with Crippen molar-refractivity contribution >= 4 is 22.0 Å². The number of ether oxygens (including phenoxy) is 2. The first-order chi connectivity index (χ1) is 35.3. The number of halogens is 3. The third-order valence-electron chi connectivity index (χ3n) is 15.7. The largest absolute Gasteiger partial charge is 0.573 e. The van der Waals surface area contributed by atoms with E-state index in [-0.39, 0.29) is 29.4 Å². The van der Waals surface area contributed by atoms with E-state index in [2.05, 4.69) is 43.5 Å². The van der Waals surface area contributed by atoms with Crippen LogP contribution in [0.25, 0.3) is 11.3 Å².